The Balaban J connectivity index is 1.65. The van der Waals surface area contributed by atoms with Crippen molar-refractivity contribution in [3.05, 3.63) is 24.5 Å². The smallest absolute Gasteiger partial charge is 0.157 e. The monoisotopic (exact) mass is 275 g/mol. The van der Waals surface area contributed by atoms with Crippen LogP contribution in [0.25, 0.3) is 5.65 Å². The molecule has 0 spiro atoms. The summed E-state index contributed by atoms with van der Waals surface area (Å²) in [7, 11) is 0. The first-order chi connectivity index (χ1) is 9.51. The van der Waals surface area contributed by atoms with Gasteiger partial charge in [-0.05, 0) is 19.9 Å². The molecule has 6 heteroatoms. The number of piperazine rings is 1. The van der Waals surface area contributed by atoms with Crippen LogP contribution >= 0.6 is 0 Å². The third-order valence-corrected chi connectivity index (χ3v) is 3.55. The lowest BCUT2D eigenvalue weighted by Crippen LogP contribution is -2.50. The van der Waals surface area contributed by atoms with Gasteiger partial charge in [-0.3, -0.25) is 4.90 Å². The van der Waals surface area contributed by atoms with Gasteiger partial charge < -0.3 is 10.0 Å². The first-order valence-electron chi connectivity index (χ1n) is 7.01. The summed E-state index contributed by atoms with van der Waals surface area (Å²) in [5, 5.41) is 14.0. The summed E-state index contributed by atoms with van der Waals surface area (Å²) in [5.41, 5.74) is 0.248. The highest BCUT2D eigenvalue weighted by Crippen LogP contribution is 2.15. The van der Waals surface area contributed by atoms with Crippen LogP contribution in [-0.2, 0) is 0 Å². The van der Waals surface area contributed by atoms with Gasteiger partial charge in [0.2, 0.25) is 0 Å². The highest BCUT2D eigenvalue weighted by atomic mass is 16.3. The molecule has 1 N–H and O–H groups in total. The normalized spacial score (nSPS) is 17.9. The predicted molar refractivity (Wildman–Crippen MR) is 77.9 cm³/mol. The van der Waals surface area contributed by atoms with Crippen LogP contribution in [0, 0.1) is 0 Å². The van der Waals surface area contributed by atoms with Crippen LogP contribution < -0.4 is 4.90 Å². The minimum Gasteiger partial charge on any atom is -0.389 e. The molecule has 0 aromatic carbocycles. The van der Waals surface area contributed by atoms with Crippen molar-refractivity contribution in [1.29, 1.82) is 0 Å². The van der Waals surface area contributed by atoms with Gasteiger partial charge in [0, 0.05) is 45.0 Å². The minimum atomic E-state index is -0.628. The molecular weight excluding hydrogens is 254 g/mol. The first kappa shape index (κ1) is 13.3. The number of β-amino-alcohol motifs (C(OH)–C–C–N with tert-alkyl or cyclic N) is 1. The molecule has 0 bridgehead atoms. The summed E-state index contributed by atoms with van der Waals surface area (Å²) in [6.07, 6.45) is 3.70. The summed E-state index contributed by atoms with van der Waals surface area (Å²) in [6.45, 7) is 8.21. The van der Waals surface area contributed by atoms with Crippen LogP contribution in [-0.4, -0.2) is 62.9 Å². The molecular formula is C14H21N5O. The van der Waals surface area contributed by atoms with E-state index in [4.69, 9.17) is 0 Å². The molecule has 0 aliphatic carbocycles. The standard InChI is InChI=1S/C14H21N5O/c1-14(2,20)11-17-7-9-18(10-8-17)12-4-6-19-13(16-12)3-5-15-19/h3-6,20H,7-11H2,1-2H3. The third kappa shape index (κ3) is 2.91. The summed E-state index contributed by atoms with van der Waals surface area (Å²) >= 11 is 0. The van der Waals surface area contributed by atoms with Crippen molar-refractivity contribution < 1.29 is 5.11 Å². The quantitative estimate of drug-likeness (QED) is 0.890. The molecule has 0 saturated carbocycles. The maximum Gasteiger partial charge on any atom is 0.157 e. The topological polar surface area (TPSA) is 56.9 Å². The van der Waals surface area contributed by atoms with Crippen LogP contribution in [0.3, 0.4) is 0 Å². The number of hydrogen-bond donors (Lipinski definition) is 1. The zero-order valence-electron chi connectivity index (χ0n) is 12.0. The maximum atomic E-state index is 9.87. The van der Waals surface area contributed by atoms with E-state index in [0.717, 1.165) is 44.2 Å². The minimum absolute atomic E-state index is 0.628. The van der Waals surface area contributed by atoms with Gasteiger partial charge in [0.05, 0.1) is 11.8 Å². The zero-order valence-corrected chi connectivity index (χ0v) is 12.0. The third-order valence-electron chi connectivity index (χ3n) is 3.55. The SMILES string of the molecule is CC(C)(O)CN1CCN(c2ccn3nccc3n2)CC1. The predicted octanol–water partition coefficient (Wildman–Crippen LogP) is 0.622. The molecule has 3 rings (SSSR count). The van der Waals surface area contributed by atoms with Crippen LogP contribution in [0.15, 0.2) is 24.5 Å². The van der Waals surface area contributed by atoms with Gasteiger partial charge in [0.1, 0.15) is 5.82 Å². The molecule has 0 radical (unpaired) electrons. The molecule has 0 atom stereocenters. The van der Waals surface area contributed by atoms with E-state index in [1.165, 1.54) is 0 Å². The van der Waals surface area contributed by atoms with E-state index in [1.54, 1.807) is 10.7 Å². The Morgan fingerprint density at radius 2 is 1.95 bits per heavy atom. The van der Waals surface area contributed by atoms with Crippen molar-refractivity contribution >= 4 is 11.5 Å². The number of fused-ring (bicyclic) bond motifs is 1. The van der Waals surface area contributed by atoms with E-state index in [-0.39, 0.29) is 0 Å². The van der Waals surface area contributed by atoms with Gasteiger partial charge in [-0.1, -0.05) is 0 Å². The van der Waals surface area contributed by atoms with Crippen LogP contribution in [0.2, 0.25) is 0 Å². The van der Waals surface area contributed by atoms with E-state index < -0.39 is 5.60 Å². The lowest BCUT2D eigenvalue weighted by atomic mass is 10.1. The van der Waals surface area contributed by atoms with E-state index >= 15 is 0 Å². The van der Waals surface area contributed by atoms with Gasteiger partial charge in [0.15, 0.2) is 5.65 Å². The molecule has 2 aromatic heterocycles. The van der Waals surface area contributed by atoms with Crippen molar-refractivity contribution in [3.8, 4) is 0 Å². The molecule has 2 aromatic rings. The molecule has 0 unspecified atom stereocenters. The summed E-state index contributed by atoms with van der Waals surface area (Å²) in [4.78, 5) is 9.20. The van der Waals surface area contributed by atoms with E-state index in [1.807, 2.05) is 32.2 Å². The Morgan fingerprint density at radius 3 is 2.65 bits per heavy atom. The number of anilines is 1. The van der Waals surface area contributed by atoms with E-state index in [9.17, 15) is 5.11 Å². The van der Waals surface area contributed by atoms with Gasteiger partial charge >= 0.3 is 0 Å². The Hall–Kier alpha value is -1.66. The molecule has 1 saturated heterocycles. The van der Waals surface area contributed by atoms with Crippen molar-refractivity contribution in [2.75, 3.05) is 37.6 Å². The number of aliphatic hydroxyl groups is 1. The molecule has 6 nitrogen and oxygen atoms in total. The maximum absolute atomic E-state index is 9.87. The summed E-state index contributed by atoms with van der Waals surface area (Å²) in [6, 6.07) is 3.92. The average Bonchev–Trinajstić information content (AvgIpc) is 2.85. The van der Waals surface area contributed by atoms with E-state index in [2.05, 4.69) is 19.9 Å². The molecule has 1 aliphatic rings. The fraction of sp³-hybridized carbons (Fsp3) is 0.571. The van der Waals surface area contributed by atoms with Crippen LogP contribution in [0.5, 0.6) is 0 Å². The number of aromatic nitrogens is 3. The second-order valence-corrected chi connectivity index (χ2v) is 6.00. The fourth-order valence-corrected chi connectivity index (χ4v) is 2.66. The van der Waals surface area contributed by atoms with Crippen molar-refractivity contribution in [2.24, 2.45) is 0 Å². The Morgan fingerprint density at radius 1 is 1.20 bits per heavy atom. The second kappa shape index (κ2) is 5.03. The Labute approximate surface area is 118 Å². The second-order valence-electron chi connectivity index (χ2n) is 6.00. The fourth-order valence-electron chi connectivity index (χ4n) is 2.66. The van der Waals surface area contributed by atoms with Gasteiger partial charge in [0.25, 0.3) is 0 Å². The van der Waals surface area contributed by atoms with Crippen LogP contribution in [0.4, 0.5) is 5.82 Å². The number of hydrogen-bond acceptors (Lipinski definition) is 5. The summed E-state index contributed by atoms with van der Waals surface area (Å²) < 4.78 is 1.77. The lowest BCUT2D eigenvalue weighted by molar-refractivity contribution is 0.0344. The van der Waals surface area contributed by atoms with Gasteiger partial charge in [-0.15, -0.1) is 0 Å². The van der Waals surface area contributed by atoms with Gasteiger partial charge in [-0.25, -0.2) is 9.50 Å². The number of nitrogens with zero attached hydrogens (tertiary/aromatic N) is 5. The lowest BCUT2D eigenvalue weighted by Gasteiger charge is -2.37. The highest BCUT2D eigenvalue weighted by Gasteiger charge is 2.23. The van der Waals surface area contributed by atoms with Crippen LogP contribution in [0.1, 0.15) is 13.8 Å². The van der Waals surface area contributed by atoms with E-state index in [0.29, 0.717) is 0 Å². The molecule has 20 heavy (non-hydrogen) atoms. The largest absolute Gasteiger partial charge is 0.389 e. The van der Waals surface area contributed by atoms with Gasteiger partial charge in [-0.2, -0.15) is 5.10 Å². The van der Waals surface area contributed by atoms with Crippen molar-refractivity contribution in [3.63, 3.8) is 0 Å². The molecule has 108 valence electrons. The Kier molecular flexibility index (Phi) is 3.35. The summed E-state index contributed by atoms with van der Waals surface area (Å²) in [5.74, 6) is 1.00. The Bertz CT molecular complexity index is 581. The van der Waals surface area contributed by atoms with Crippen molar-refractivity contribution in [1.82, 2.24) is 19.5 Å². The molecule has 3 heterocycles. The van der Waals surface area contributed by atoms with Crippen molar-refractivity contribution in [2.45, 2.75) is 19.4 Å². The first-order valence-corrected chi connectivity index (χ1v) is 7.01. The average molecular weight is 275 g/mol. The highest BCUT2D eigenvalue weighted by molar-refractivity contribution is 5.47. The molecule has 1 aliphatic heterocycles. The zero-order chi connectivity index (χ0) is 14.2. The number of rotatable bonds is 3. The molecule has 1 fully saturated rings. The molecule has 0 amide bonds.